The molecule has 2 aromatic rings. The van der Waals surface area contributed by atoms with Gasteiger partial charge in [-0.05, 0) is 36.5 Å². The van der Waals surface area contributed by atoms with Gasteiger partial charge in [0, 0.05) is 17.7 Å². The Morgan fingerprint density at radius 1 is 1.15 bits per heavy atom. The van der Waals surface area contributed by atoms with E-state index in [1.807, 2.05) is 0 Å². The molecule has 0 aliphatic heterocycles. The molecule has 0 bridgehead atoms. The molecule has 4 heteroatoms. The molecule has 1 fully saturated rings. The molecule has 1 saturated carbocycles. The number of halogens is 1. The van der Waals surface area contributed by atoms with Gasteiger partial charge in [0.1, 0.15) is 16.8 Å². The summed E-state index contributed by atoms with van der Waals surface area (Å²) < 4.78 is 0. The van der Waals surface area contributed by atoms with Crippen molar-refractivity contribution in [1.82, 2.24) is 9.97 Å². The highest BCUT2D eigenvalue weighted by Crippen LogP contribution is 2.39. The average molecular weight is 288 g/mol. The van der Waals surface area contributed by atoms with Gasteiger partial charge >= 0.3 is 0 Å². The van der Waals surface area contributed by atoms with Crippen LogP contribution in [0, 0.1) is 0 Å². The van der Waals surface area contributed by atoms with E-state index in [-0.39, 0.29) is 0 Å². The molecule has 0 saturated heterocycles. The molecular formula is C16H18ClN3. The zero-order valence-corrected chi connectivity index (χ0v) is 12.5. The van der Waals surface area contributed by atoms with Crippen LogP contribution in [-0.4, -0.2) is 9.97 Å². The smallest absolute Gasteiger partial charge is 0.135 e. The first kappa shape index (κ1) is 13.4. The van der Waals surface area contributed by atoms with Crippen molar-refractivity contribution in [3.8, 4) is 0 Å². The van der Waals surface area contributed by atoms with Gasteiger partial charge in [0.15, 0.2) is 0 Å². The molecule has 0 spiro atoms. The third kappa shape index (κ3) is 3.10. The number of rotatable bonds is 4. The third-order valence-corrected chi connectivity index (χ3v) is 3.70. The topological polar surface area (TPSA) is 37.8 Å². The average Bonchev–Trinajstić information content (AvgIpc) is 3.23. The monoisotopic (exact) mass is 287 g/mol. The predicted octanol–water partition coefficient (Wildman–Crippen LogP) is 4.87. The van der Waals surface area contributed by atoms with Gasteiger partial charge in [0.25, 0.3) is 0 Å². The molecule has 0 atom stereocenters. The molecule has 3 nitrogen and oxygen atoms in total. The molecule has 1 aromatic heterocycles. The summed E-state index contributed by atoms with van der Waals surface area (Å²) in [5.74, 6) is 2.67. The van der Waals surface area contributed by atoms with Crippen molar-refractivity contribution in [2.45, 2.75) is 38.5 Å². The summed E-state index contributed by atoms with van der Waals surface area (Å²) in [6.07, 6.45) is 2.34. The van der Waals surface area contributed by atoms with Crippen molar-refractivity contribution in [3.05, 3.63) is 46.9 Å². The molecule has 0 amide bonds. The number of aromatic nitrogens is 2. The minimum absolute atomic E-state index is 0.498. The van der Waals surface area contributed by atoms with Crippen molar-refractivity contribution in [3.63, 3.8) is 0 Å². The van der Waals surface area contributed by atoms with Gasteiger partial charge in [-0.3, -0.25) is 0 Å². The lowest BCUT2D eigenvalue weighted by Gasteiger charge is -2.10. The molecule has 0 unspecified atom stereocenters. The normalized spacial score (nSPS) is 14.6. The van der Waals surface area contributed by atoms with Crippen molar-refractivity contribution in [2.24, 2.45) is 0 Å². The molecule has 0 radical (unpaired) electrons. The first-order chi connectivity index (χ1) is 9.61. The molecule has 3 rings (SSSR count). The molecule has 1 heterocycles. The predicted molar refractivity (Wildman–Crippen MR) is 82.8 cm³/mol. The highest BCUT2D eigenvalue weighted by atomic mass is 35.5. The molecule has 20 heavy (non-hydrogen) atoms. The minimum Gasteiger partial charge on any atom is -0.340 e. The highest BCUT2D eigenvalue weighted by molar-refractivity contribution is 6.29. The Bertz CT molecular complexity index is 604. The van der Waals surface area contributed by atoms with Gasteiger partial charge in [-0.1, -0.05) is 37.6 Å². The van der Waals surface area contributed by atoms with Crippen LogP contribution in [0.15, 0.2) is 30.3 Å². The van der Waals surface area contributed by atoms with Crippen LogP contribution in [0.3, 0.4) is 0 Å². The Kier molecular flexibility index (Phi) is 3.62. The summed E-state index contributed by atoms with van der Waals surface area (Å²) >= 11 is 6.06. The second-order valence-corrected chi connectivity index (χ2v) is 6.00. The van der Waals surface area contributed by atoms with Crippen LogP contribution in [0.2, 0.25) is 5.15 Å². The molecule has 1 aliphatic carbocycles. The van der Waals surface area contributed by atoms with Crippen LogP contribution >= 0.6 is 11.6 Å². The Morgan fingerprint density at radius 3 is 2.45 bits per heavy atom. The minimum atomic E-state index is 0.498. The Balaban J connectivity index is 1.79. The maximum atomic E-state index is 6.06. The van der Waals surface area contributed by atoms with E-state index in [0.717, 1.165) is 17.3 Å². The van der Waals surface area contributed by atoms with E-state index in [2.05, 4.69) is 53.4 Å². The lowest BCUT2D eigenvalue weighted by molar-refractivity contribution is 0.867. The summed E-state index contributed by atoms with van der Waals surface area (Å²) in [5, 5.41) is 3.80. The maximum absolute atomic E-state index is 6.06. The van der Waals surface area contributed by atoms with Crippen LogP contribution in [0.1, 0.15) is 49.9 Å². The van der Waals surface area contributed by atoms with E-state index in [1.54, 1.807) is 6.07 Å². The lowest BCUT2D eigenvalue weighted by Crippen LogP contribution is -1.99. The van der Waals surface area contributed by atoms with Gasteiger partial charge < -0.3 is 5.32 Å². The Hall–Kier alpha value is -1.61. The van der Waals surface area contributed by atoms with Crippen molar-refractivity contribution < 1.29 is 0 Å². The van der Waals surface area contributed by atoms with Crippen LogP contribution in [0.5, 0.6) is 0 Å². The maximum Gasteiger partial charge on any atom is 0.135 e. The molecular weight excluding hydrogens is 270 g/mol. The standard InChI is InChI=1S/C16H18ClN3/c1-10(2)11-5-7-13(8-6-11)18-15-9-14(17)19-16(20-15)12-3-4-12/h5-10,12H,3-4H2,1-2H3,(H,18,19,20). The number of anilines is 2. The molecule has 104 valence electrons. The fourth-order valence-electron chi connectivity index (χ4n) is 2.12. The molecule has 1 aliphatic rings. The fourth-order valence-corrected chi connectivity index (χ4v) is 2.31. The van der Waals surface area contributed by atoms with E-state index in [9.17, 15) is 0 Å². The second-order valence-electron chi connectivity index (χ2n) is 5.61. The first-order valence-corrected chi connectivity index (χ1v) is 7.41. The first-order valence-electron chi connectivity index (χ1n) is 7.03. The third-order valence-electron chi connectivity index (χ3n) is 3.50. The van der Waals surface area contributed by atoms with Gasteiger partial charge in [0.05, 0.1) is 0 Å². The molecule has 1 N–H and O–H groups in total. The van der Waals surface area contributed by atoms with Crippen molar-refractivity contribution in [1.29, 1.82) is 0 Å². The second kappa shape index (κ2) is 5.41. The summed E-state index contributed by atoms with van der Waals surface area (Å²) in [6, 6.07) is 10.2. The fraction of sp³-hybridized carbons (Fsp3) is 0.375. The number of nitrogens with one attached hydrogen (secondary N) is 1. The Morgan fingerprint density at radius 2 is 1.85 bits per heavy atom. The number of benzene rings is 1. The van der Waals surface area contributed by atoms with E-state index < -0.39 is 0 Å². The van der Waals surface area contributed by atoms with Gasteiger partial charge in [0.2, 0.25) is 0 Å². The quantitative estimate of drug-likeness (QED) is 0.815. The Labute approximate surface area is 124 Å². The summed E-state index contributed by atoms with van der Waals surface area (Å²) in [4.78, 5) is 8.83. The zero-order valence-electron chi connectivity index (χ0n) is 11.7. The van der Waals surface area contributed by atoms with Crippen LogP contribution < -0.4 is 5.32 Å². The SMILES string of the molecule is CC(C)c1ccc(Nc2cc(Cl)nc(C3CC3)n2)cc1. The van der Waals surface area contributed by atoms with Gasteiger partial charge in [-0.25, -0.2) is 9.97 Å². The molecule has 1 aromatic carbocycles. The van der Waals surface area contributed by atoms with Gasteiger partial charge in [-0.2, -0.15) is 0 Å². The summed E-state index contributed by atoms with van der Waals surface area (Å²) in [6.45, 7) is 4.38. The van der Waals surface area contributed by atoms with Gasteiger partial charge in [-0.15, -0.1) is 0 Å². The summed E-state index contributed by atoms with van der Waals surface area (Å²) in [7, 11) is 0. The zero-order chi connectivity index (χ0) is 14.1. The van der Waals surface area contributed by atoms with Crippen LogP contribution in [0.25, 0.3) is 0 Å². The van der Waals surface area contributed by atoms with E-state index in [0.29, 0.717) is 17.0 Å². The number of hydrogen-bond acceptors (Lipinski definition) is 3. The lowest BCUT2D eigenvalue weighted by atomic mass is 10.0. The largest absolute Gasteiger partial charge is 0.340 e. The summed E-state index contributed by atoms with van der Waals surface area (Å²) in [5.41, 5.74) is 2.35. The van der Waals surface area contributed by atoms with Crippen LogP contribution in [-0.2, 0) is 0 Å². The highest BCUT2D eigenvalue weighted by Gasteiger charge is 2.27. The van der Waals surface area contributed by atoms with Crippen molar-refractivity contribution in [2.75, 3.05) is 5.32 Å². The van der Waals surface area contributed by atoms with Crippen molar-refractivity contribution >= 4 is 23.1 Å². The van der Waals surface area contributed by atoms with E-state index in [4.69, 9.17) is 11.6 Å². The number of hydrogen-bond donors (Lipinski definition) is 1. The van der Waals surface area contributed by atoms with E-state index in [1.165, 1.54) is 18.4 Å². The van der Waals surface area contributed by atoms with E-state index >= 15 is 0 Å². The number of nitrogens with zero attached hydrogens (tertiary/aromatic N) is 2. The van der Waals surface area contributed by atoms with Crippen LogP contribution in [0.4, 0.5) is 11.5 Å².